The lowest BCUT2D eigenvalue weighted by molar-refractivity contribution is -0.133. The van der Waals surface area contributed by atoms with E-state index in [1.165, 1.54) is 6.07 Å². The van der Waals surface area contributed by atoms with Crippen molar-refractivity contribution in [1.82, 2.24) is 5.48 Å². The zero-order valence-corrected chi connectivity index (χ0v) is 14.7. The van der Waals surface area contributed by atoms with Gasteiger partial charge in [-0.05, 0) is 12.1 Å². The van der Waals surface area contributed by atoms with Crippen LogP contribution < -0.4 is 16.1 Å². The minimum atomic E-state index is -5.62. The average molecular weight is 411 g/mol. The van der Waals surface area contributed by atoms with Crippen LogP contribution in [0.15, 0.2) is 36.4 Å². The Hall–Kier alpha value is -3.42. The second kappa shape index (κ2) is 7.30. The van der Waals surface area contributed by atoms with E-state index < -0.39 is 56.3 Å². The number of carbonyl (C=O) groups is 5. The van der Waals surface area contributed by atoms with E-state index in [9.17, 15) is 36.9 Å². The third-order valence-corrected chi connectivity index (χ3v) is 5.27. The summed E-state index contributed by atoms with van der Waals surface area (Å²) >= 11 is 0. The summed E-state index contributed by atoms with van der Waals surface area (Å²) in [6.07, 6.45) is 0.446. The molecule has 5 N–H and O–H groups in total. The van der Waals surface area contributed by atoms with Crippen molar-refractivity contribution < 1.29 is 42.2 Å². The summed E-state index contributed by atoms with van der Waals surface area (Å²) in [5.74, 6) is -6.45. The normalized spacial score (nSPS) is 16.0. The summed E-state index contributed by atoms with van der Waals surface area (Å²) < 4.78 is 29.8. The Bertz CT molecular complexity index is 1010. The van der Waals surface area contributed by atoms with Gasteiger partial charge in [-0.2, -0.15) is 8.42 Å². The molecule has 1 heterocycles. The van der Waals surface area contributed by atoms with E-state index in [0.29, 0.717) is 4.90 Å². The lowest BCUT2D eigenvalue weighted by Crippen LogP contribution is -2.59. The summed E-state index contributed by atoms with van der Waals surface area (Å²) in [4.78, 5) is 60.4. The van der Waals surface area contributed by atoms with E-state index in [1.54, 1.807) is 0 Å². The second-order valence-electron chi connectivity index (χ2n) is 5.61. The Morgan fingerprint density at radius 3 is 2.18 bits per heavy atom. The summed E-state index contributed by atoms with van der Waals surface area (Å²) in [6.45, 7) is 0. The number of nitrogens with zero attached hydrogens (tertiary/aromatic N) is 1. The second-order valence-corrected chi connectivity index (χ2v) is 7.26. The quantitative estimate of drug-likeness (QED) is 0.101. The zero-order valence-electron chi connectivity index (χ0n) is 13.9. The fraction of sp³-hybridized carbons (Fsp3) is 0.133. The van der Waals surface area contributed by atoms with Crippen LogP contribution in [-0.2, 0) is 29.3 Å². The number of hydrogen-bond acceptors (Lipinski definition) is 8. The van der Waals surface area contributed by atoms with Crippen molar-refractivity contribution in [2.24, 2.45) is 5.73 Å². The van der Waals surface area contributed by atoms with Crippen LogP contribution >= 0.6 is 0 Å². The summed E-state index contributed by atoms with van der Waals surface area (Å²) in [6, 6.07) is 4.32. The van der Waals surface area contributed by atoms with Crippen LogP contribution in [0.25, 0.3) is 0 Å². The van der Waals surface area contributed by atoms with Crippen LogP contribution in [0, 0.1) is 0 Å². The van der Waals surface area contributed by atoms with Gasteiger partial charge in [0.25, 0.3) is 27.8 Å². The van der Waals surface area contributed by atoms with Gasteiger partial charge in [0.15, 0.2) is 5.78 Å². The molecule has 0 saturated heterocycles. The number of ketones is 1. The molecule has 148 valence electrons. The minimum Gasteiger partial charge on any atom is -0.370 e. The molecular formula is C15H13N3O9S. The monoisotopic (exact) mass is 411 g/mol. The number of nitrogens with two attached hydrogens (primary N) is 1. The number of primary amides is 1. The van der Waals surface area contributed by atoms with E-state index in [-0.39, 0.29) is 5.69 Å². The maximum Gasteiger partial charge on any atom is 0.288 e. The molecule has 12 nitrogen and oxygen atoms in total. The van der Waals surface area contributed by atoms with E-state index in [2.05, 4.69) is 0 Å². The van der Waals surface area contributed by atoms with Gasteiger partial charge >= 0.3 is 0 Å². The third-order valence-electron chi connectivity index (χ3n) is 3.87. The first kappa shape index (κ1) is 20.9. The molecule has 0 radical (unpaired) electrons. The molecule has 0 saturated carbocycles. The number of benzene rings is 1. The van der Waals surface area contributed by atoms with Gasteiger partial charge < -0.3 is 5.73 Å². The fourth-order valence-corrected chi connectivity index (χ4v) is 3.56. The van der Waals surface area contributed by atoms with E-state index >= 15 is 0 Å². The van der Waals surface area contributed by atoms with Gasteiger partial charge in [-0.1, -0.05) is 12.1 Å². The number of amides is 4. The topological polar surface area (TPSA) is 201 Å². The minimum absolute atomic E-state index is 0.140. The Kier molecular flexibility index (Phi) is 5.45. The predicted molar refractivity (Wildman–Crippen MR) is 90.4 cm³/mol. The lowest BCUT2D eigenvalue weighted by atomic mass is 9.92. The molecule has 0 fully saturated rings. The molecule has 13 heteroatoms. The first-order valence-electron chi connectivity index (χ1n) is 7.36. The number of anilines is 1. The largest absolute Gasteiger partial charge is 0.370 e. The molecule has 1 unspecified atom stereocenters. The molecule has 0 aromatic heterocycles. The third kappa shape index (κ3) is 3.40. The molecule has 0 aliphatic carbocycles. The van der Waals surface area contributed by atoms with Crippen LogP contribution in [0.2, 0.25) is 0 Å². The average Bonchev–Trinajstić information content (AvgIpc) is 2.95. The SMILES string of the molecule is NC(=O)CC(C(=O)NO)(C(=O)c1cccc(N2C(=O)C=CC2=O)c1)S(=O)(=O)O. The van der Waals surface area contributed by atoms with Crippen molar-refractivity contribution in [2.45, 2.75) is 11.2 Å². The lowest BCUT2D eigenvalue weighted by Gasteiger charge is -2.26. The van der Waals surface area contributed by atoms with Gasteiger partial charge in [0.2, 0.25) is 10.7 Å². The molecule has 4 amide bonds. The summed E-state index contributed by atoms with van der Waals surface area (Å²) in [7, 11) is -5.62. The number of rotatable bonds is 7. The highest BCUT2D eigenvalue weighted by Gasteiger charge is 2.58. The van der Waals surface area contributed by atoms with Crippen molar-refractivity contribution in [3.8, 4) is 0 Å². The molecule has 1 aromatic carbocycles. The molecule has 2 rings (SSSR count). The van der Waals surface area contributed by atoms with Gasteiger partial charge in [0.1, 0.15) is 0 Å². The molecule has 1 aliphatic rings. The molecule has 1 aliphatic heterocycles. The van der Waals surface area contributed by atoms with Crippen molar-refractivity contribution >= 4 is 45.2 Å². The maximum absolute atomic E-state index is 12.9. The summed E-state index contributed by atoms with van der Waals surface area (Å²) in [5.41, 5.74) is 5.13. The van der Waals surface area contributed by atoms with E-state index in [4.69, 9.17) is 10.9 Å². The number of imide groups is 1. The first-order chi connectivity index (χ1) is 13.0. The van der Waals surface area contributed by atoms with Crippen LogP contribution in [0.4, 0.5) is 5.69 Å². The van der Waals surface area contributed by atoms with Crippen LogP contribution in [0.3, 0.4) is 0 Å². The first-order valence-corrected chi connectivity index (χ1v) is 8.80. The number of hydroxylamine groups is 1. The van der Waals surface area contributed by atoms with Crippen molar-refractivity contribution in [3.63, 3.8) is 0 Å². The van der Waals surface area contributed by atoms with Gasteiger partial charge in [-0.15, -0.1) is 0 Å². The van der Waals surface area contributed by atoms with Crippen molar-refractivity contribution in [1.29, 1.82) is 0 Å². The Labute approximate surface area is 157 Å². The molecule has 1 atom stereocenters. The zero-order chi connectivity index (χ0) is 21.3. The maximum atomic E-state index is 12.9. The van der Waals surface area contributed by atoms with Crippen LogP contribution in [0.1, 0.15) is 16.8 Å². The number of Topliss-reactive ketones (excluding diaryl/α,β-unsaturated/α-hetero) is 1. The Balaban J connectivity index is 2.64. The Morgan fingerprint density at radius 2 is 1.71 bits per heavy atom. The van der Waals surface area contributed by atoms with Gasteiger partial charge in [0.05, 0.1) is 12.1 Å². The number of nitrogens with one attached hydrogen (secondary N) is 1. The highest BCUT2D eigenvalue weighted by atomic mass is 32.2. The van der Waals surface area contributed by atoms with Crippen LogP contribution in [0.5, 0.6) is 0 Å². The molecular weight excluding hydrogens is 398 g/mol. The van der Waals surface area contributed by atoms with Crippen molar-refractivity contribution in [2.75, 3.05) is 4.90 Å². The van der Waals surface area contributed by atoms with E-state index in [0.717, 1.165) is 35.8 Å². The molecule has 28 heavy (non-hydrogen) atoms. The fourth-order valence-electron chi connectivity index (χ4n) is 2.60. The number of carbonyl (C=O) groups excluding carboxylic acids is 5. The highest BCUT2D eigenvalue weighted by molar-refractivity contribution is 7.89. The Morgan fingerprint density at radius 1 is 1.14 bits per heavy atom. The van der Waals surface area contributed by atoms with E-state index in [1.807, 2.05) is 0 Å². The molecule has 1 aromatic rings. The number of hydrogen-bond donors (Lipinski definition) is 4. The molecule has 0 spiro atoms. The predicted octanol–water partition coefficient (Wildman–Crippen LogP) is -1.69. The van der Waals surface area contributed by atoms with Gasteiger partial charge in [-0.25, -0.2) is 10.4 Å². The smallest absolute Gasteiger partial charge is 0.288 e. The molecule has 0 bridgehead atoms. The van der Waals surface area contributed by atoms with Crippen LogP contribution in [-0.4, -0.2) is 52.3 Å². The van der Waals surface area contributed by atoms with Crippen molar-refractivity contribution in [3.05, 3.63) is 42.0 Å². The van der Waals surface area contributed by atoms with Gasteiger partial charge in [-0.3, -0.25) is 33.7 Å². The van der Waals surface area contributed by atoms with Gasteiger partial charge in [0, 0.05) is 17.7 Å². The summed E-state index contributed by atoms with van der Waals surface area (Å²) in [5, 5.41) is 8.85. The highest BCUT2D eigenvalue weighted by Crippen LogP contribution is 2.29. The standard InChI is InChI=1S/C15H13N3O9S/c16-10(19)7-15(14(23)17-24,28(25,26)27)13(22)8-2-1-3-9(6-8)18-11(20)4-5-12(18)21/h1-6,24H,7H2,(H2,16,19)(H,17,23)(H,25,26,27).